The summed E-state index contributed by atoms with van der Waals surface area (Å²) in [6, 6.07) is 8.11. The molecular formula is C12H14N2. The number of hydrogen-bond acceptors (Lipinski definition) is 2. The number of nitrogens with one attached hydrogen (secondary N) is 1. The molecule has 1 aromatic rings. The molecule has 2 heteroatoms. The molecule has 1 atom stereocenters. The molecule has 1 N–H and O–H groups in total. The van der Waals surface area contributed by atoms with Gasteiger partial charge < -0.3 is 5.32 Å². The topological polar surface area (TPSA) is 35.8 Å². The van der Waals surface area contributed by atoms with Crippen molar-refractivity contribution in [2.75, 3.05) is 11.9 Å². The molecular weight excluding hydrogens is 172 g/mol. The van der Waals surface area contributed by atoms with Gasteiger partial charge in [0.1, 0.15) is 0 Å². The molecule has 2 rings (SSSR count). The molecule has 0 saturated carbocycles. The van der Waals surface area contributed by atoms with Crippen LogP contribution in [0.5, 0.6) is 0 Å². The minimum atomic E-state index is 0.600. The Morgan fingerprint density at radius 1 is 1.57 bits per heavy atom. The summed E-state index contributed by atoms with van der Waals surface area (Å²) in [5.41, 5.74) is 3.31. The van der Waals surface area contributed by atoms with Crippen molar-refractivity contribution in [1.82, 2.24) is 0 Å². The smallest absolute Gasteiger partial charge is 0.0991 e. The van der Waals surface area contributed by atoms with Crippen molar-refractivity contribution in [3.05, 3.63) is 29.3 Å². The fourth-order valence-corrected chi connectivity index (χ4v) is 2.08. The van der Waals surface area contributed by atoms with Crippen molar-refractivity contribution in [2.45, 2.75) is 25.7 Å². The van der Waals surface area contributed by atoms with E-state index < -0.39 is 0 Å². The first-order valence-electron chi connectivity index (χ1n) is 5.13. The van der Waals surface area contributed by atoms with Crippen LogP contribution in [-0.2, 0) is 0 Å². The molecule has 14 heavy (non-hydrogen) atoms. The first-order chi connectivity index (χ1) is 6.85. The summed E-state index contributed by atoms with van der Waals surface area (Å²) >= 11 is 0. The molecule has 0 aliphatic carbocycles. The standard InChI is InChI=1S/C12H14N2/c1-2-3-10-8-14-12-5-4-9(7-13)6-11(10)12/h4-6,10,14H,2-3,8H2,1H3/t10-/m1/s1. The number of fused-ring (bicyclic) bond motifs is 1. The van der Waals surface area contributed by atoms with E-state index in [2.05, 4.69) is 18.3 Å². The van der Waals surface area contributed by atoms with E-state index in [1.165, 1.54) is 24.1 Å². The van der Waals surface area contributed by atoms with E-state index in [4.69, 9.17) is 5.26 Å². The van der Waals surface area contributed by atoms with Crippen molar-refractivity contribution in [3.8, 4) is 6.07 Å². The molecule has 0 amide bonds. The van der Waals surface area contributed by atoms with Crippen molar-refractivity contribution >= 4 is 5.69 Å². The number of benzene rings is 1. The third-order valence-electron chi connectivity index (χ3n) is 2.80. The molecule has 0 saturated heterocycles. The van der Waals surface area contributed by atoms with Crippen molar-refractivity contribution in [3.63, 3.8) is 0 Å². The van der Waals surface area contributed by atoms with Crippen LogP contribution >= 0.6 is 0 Å². The van der Waals surface area contributed by atoms with E-state index in [-0.39, 0.29) is 0 Å². The predicted molar refractivity (Wildman–Crippen MR) is 57.3 cm³/mol. The maximum atomic E-state index is 8.81. The van der Waals surface area contributed by atoms with Crippen molar-refractivity contribution in [2.24, 2.45) is 0 Å². The molecule has 1 aliphatic rings. The third-order valence-corrected chi connectivity index (χ3v) is 2.80. The number of nitrogens with zero attached hydrogens (tertiary/aromatic N) is 1. The van der Waals surface area contributed by atoms with Crippen LogP contribution in [0.25, 0.3) is 0 Å². The van der Waals surface area contributed by atoms with Gasteiger partial charge >= 0.3 is 0 Å². The highest BCUT2D eigenvalue weighted by Crippen LogP contribution is 2.34. The number of hydrogen-bond donors (Lipinski definition) is 1. The van der Waals surface area contributed by atoms with Gasteiger partial charge in [-0.25, -0.2) is 0 Å². The molecule has 0 aromatic heterocycles. The maximum Gasteiger partial charge on any atom is 0.0991 e. The van der Waals surface area contributed by atoms with Gasteiger partial charge in [0.05, 0.1) is 11.6 Å². The van der Waals surface area contributed by atoms with Crippen LogP contribution in [0.15, 0.2) is 18.2 Å². The predicted octanol–water partition coefficient (Wildman–Crippen LogP) is 2.87. The van der Waals surface area contributed by atoms with Gasteiger partial charge in [-0.1, -0.05) is 13.3 Å². The number of rotatable bonds is 2. The van der Waals surface area contributed by atoms with Crippen LogP contribution in [0, 0.1) is 11.3 Å². The first-order valence-corrected chi connectivity index (χ1v) is 5.13. The van der Waals surface area contributed by atoms with E-state index in [1.54, 1.807) is 0 Å². The molecule has 2 nitrogen and oxygen atoms in total. The van der Waals surface area contributed by atoms with Gasteiger partial charge in [0.15, 0.2) is 0 Å². The third kappa shape index (κ3) is 1.46. The fourth-order valence-electron chi connectivity index (χ4n) is 2.08. The second kappa shape index (κ2) is 3.71. The second-order valence-electron chi connectivity index (χ2n) is 3.78. The van der Waals surface area contributed by atoms with Crippen LogP contribution in [0.4, 0.5) is 5.69 Å². The fraction of sp³-hybridized carbons (Fsp3) is 0.417. The zero-order valence-electron chi connectivity index (χ0n) is 8.38. The van der Waals surface area contributed by atoms with Crippen molar-refractivity contribution in [1.29, 1.82) is 5.26 Å². The van der Waals surface area contributed by atoms with Gasteiger partial charge in [0.2, 0.25) is 0 Å². The van der Waals surface area contributed by atoms with Crippen molar-refractivity contribution < 1.29 is 0 Å². The van der Waals surface area contributed by atoms with Gasteiger partial charge in [0, 0.05) is 18.2 Å². The van der Waals surface area contributed by atoms with E-state index in [9.17, 15) is 0 Å². The van der Waals surface area contributed by atoms with E-state index >= 15 is 0 Å². The Labute approximate surface area is 84.6 Å². The summed E-state index contributed by atoms with van der Waals surface area (Å²) in [5, 5.41) is 12.2. The quantitative estimate of drug-likeness (QED) is 0.770. The Hall–Kier alpha value is -1.49. The van der Waals surface area contributed by atoms with Crippen LogP contribution in [0.1, 0.15) is 36.8 Å². The Bertz CT molecular complexity index is 374. The van der Waals surface area contributed by atoms with Crippen LogP contribution in [-0.4, -0.2) is 6.54 Å². The largest absolute Gasteiger partial charge is 0.384 e. The zero-order chi connectivity index (χ0) is 9.97. The van der Waals surface area contributed by atoms with Crippen LogP contribution in [0.2, 0.25) is 0 Å². The number of anilines is 1. The Balaban J connectivity index is 2.33. The molecule has 1 aliphatic heterocycles. The summed E-state index contributed by atoms with van der Waals surface area (Å²) < 4.78 is 0. The summed E-state index contributed by atoms with van der Waals surface area (Å²) in [6.45, 7) is 3.23. The monoisotopic (exact) mass is 186 g/mol. The average molecular weight is 186 g/mol. The van der Waals surface area contributed by atoms with Gasteiger partial charge in [-0.2, -0.15) is 5.26 Å². The summed E-state index contributed by atoms with van der Waals surface area (Å²) in [4.78, 5) is 0. The molecule has 0 radical (unpaired) electrons. The van der Waals surface area contributed by atoms with E-state index in [0.29, 0.717) is 5.92 Å². The summed E-state index contributed by atoms with van der Waals surface area (Å²) in [7, 11) is 0. The van der Waals surface area contributed by atoms with Gasteiger partial charge in [-0.3, -0.25) is 0 Å². The molecule has 72 valence electrons. The lowest BCUT2D eigenvalue weighted by atomic mass is 9.95. The van der Waals surface area contributed by atoms with Gasteiger partial charge in [-0.05, 0) is 30.2 Å². The second-order valence-corrected chi connectivity index (χ2v) is 3.78. The van der Waals surface area contributed by atoms with Gasteiger partial charge in [0.25, 0.3) is 0 Å². The Kier molecular flexibility index (Phi) is 2.41. The molecule has 0 fully saturated rings. The highest BCUT2D eigenvalue weighted by molar-refractivity contribution is 5.60. The highest BCUT2D eigenvalue weighted by Gasteiger charge is 2.21. The summed E-state index contributed by atoms with van der Waals surface area (Å²) in [5.74, 6) is 0.600. The SMILES string of the molecule is CCC[C@@H]1CNc2ccc(C#N)cc21. The molecule has 1 aromatic carbocycles. The maximum absolute atomic E-state index is 8.81. The average Bonchev–Trinajstić information content (AvgIpc) is 2.61. The normalized spacial score (nSPS) is 18.4. The first kappa shape index (κ1) is 9.08. The molecule has 0 spiro atoms. The lowest BCUT2D eigenvalue weighted by Crippen LogP contribution is -2.00. The van der Waals surface area contributed by atoms with Crippen LogP contribution in [0.3, 0.4) is 0 Å². The van der Waals surface area contributed by atoms with Gasteiger partial charge in [-0.15, -0.1) is 0 Å². The lowest BCUT2D eigenvalue weighted by Gasteiger charge is -2.07. The molecule has 1 heterocycles. The minimum absolute atomic E-state index is 0.600. The Morgan fingerprint density at radius 2 is 2.43 bits per heavy atom. The van der Waals surface area contributed by atoms with E-state index in [0.717, 1.165) is 12.1 Å². The highest BCUT2D eigenvalue weighted by atomic mass is 14.9. The Morgan fingerprint density at radius 3 is 3.14 bits per heavy atom. The zero-order valence-corrected chi connectivity index (χ0v) is 8.38. The molecule has 0 bridgehead atoms. The van der Waals surface area contributed by atoms with Crippen LogP contribution < -0.4 is 5.32 Å². The van der Waals surface area contributed by atoms with E-state index in [1.807, 2.05) is 18.2 Å². The molecule has 0 unspecified atom stereocenters. The summed E-state index contributed by atoms with van der Waals surface area (Å²) in [6.07, 6.45) is 2.40. The minimum Gasteiger partial charge on any atom is -0.384 e. The lowest BCUT2D eigenvalue weighted by molar-refractivity contribution is 0.661. The number of nitriles is 1.